The molecule has 0 saturated carbocycles. The molecule has 3 aromatic rings. The number of carbonyl (C=O) groups excluding carboxylic acids is 2. The highest BCUT2D eigenvalue weighted by atomic mass is 19.1. The summed E-state index contributed by atoms with van der Waals surface area (Å²) in [6.45, 7) is 1.86. The first-order valence-corrected chi connectivity index (χ1v) is 7.94. The van der Waals surface area contributed by atoms with E-state index in [0.29, 0.717) is 12.2 Å². The van der Waals surface area contributed by atoms with Crippen LogP contribution in [-0.4, -0.2) is 16.4 Å². The van der Waals surface area contributed by atoms with Gasteiger partial charge in [-0.1, -0.05) is 18.2 Å². The molecule has 128 valence electrons. The molecule has 0 aliphatic rings. The zero-order valence-electron chi connectivity index (χ0n) is 13.8. The Hall–Kier alpha value is -3.15. The summed E-state index contributed by atoms with van der Waals surface area (Å²) in [4.78, 5) is 23.2. The van der Waals surface area contributed by atoms with Crippen LogP contribution in [0, 0.1) is 5.82 Å². The van der Waals surface area contributed by atoms with Crippen LogP contribution in [0.15, 0.2) is 54.7 Å². The van der Waals surface area contributed by atoms with Gasteiger partial charge in [0, 0.05) is 37.3 Å². The molecule has 0 atom stereocenters. The lowest BCUT2D eigenvalue weighted by Crippen LogP contribution is -2.15. The van der Waals surface area contributed by atoms with E-state index < -0.39 is 5.82 Å². The van der Waals surface area contributed by atoms with Crippen molar-refractivity contribution in [2.24, 2.45) is 0 Å². The van der Waals surface area contributed by atoms with Crippen molar-refractivity contribution < 1.29 is 14.0 Å². The van der Waals surface area contributed by atoms with Crippen LogP contribution in [0.4, 0.5) is 15.8 Å². The van der Waals surface area contributed by atoms with E-state index in [2.05, 4.69) is 10.6 Å². The zero-order valence-corrected chi connectivity index (χ0v) is 13.8. The normalized spacial score (nSPS) is 10.6. The molecule has 0 saturated heterocycles. The molecule has 0 aliphatic heterocycles. The third-order valence-electron chi connectivity index (χ3n) is 3.82. The molecule has 0 radical (unpaired) electrons. The van der Waals surface area contributed by atoms with E-state index in [-0.39, 0.29) is 23.9 Å². The van der Waals surface area contributed by atoms with Crippen LogP contribution < -0.4 is 10.6 Å². The highest BCUT2D eigenvalue weighted by Gasteiger charge is 2.09. The molecule has 0 bridgehead atoms. The van der Waals surface area contributed by atoms with Gasteiger partial charge in [-0.3, -0.25) is 9.59 Å². The number of aryl methyl sites for hydroxylation is 1. The van der Waals surface area contributed by atoms with Gasteiger partial charge in [0.1, 0.15) is 5.82 Å². The number of rotatable bonds is 5. The van der Waals surface area contributed by atoms with Crippen LogP contribution in [0.25, 0.3) is 10.9 Å². The van der Waals surface area contributed by atoms with Crippen LogP contribution in [0.3, 0.4) is 0 Å². The minimum Gasteiger partial charge on any atom is -0.347 e. The standard InChI is InChI=1S/C19H18FN3O2/c1-13(24)21-15-6-7-16(20)17(12-15)22-19(25)9-11-23-10-8-14-4-2-3-5-18(14)23/h2-8,10,12H,9,11H2,1H3,(H,21,24)(H,22,25). The molecule has 5 nitrogen and oxygen atoms in total. The third-order valence-corrected chi connectivity index (χ3v) is 3.82. The SMILES string of the molecule is CC(=O)Nc1ccc(F)c(NC(=O)CCn2ccc3ccccc32)c1. The average Bonchev–Trinajstić information content (AvgIpc) is 2.99. The second-order valence-electron chi connectivity index (χ2n) is 5.74. The molecule has 1 heterocycles. The van der Waals surface area contributed by atoms with Crippen LogP contribution >= 0.6 is 0 Å². The maximum absolute atomic E-state index is 13.9. The first-order valence-electron chi connectivity index (χ1n) is 7.94. The number of hydrogen-bond acceptors (Lipinski definition) is 2. The van der Waals surface area contributed by atoms with Crippen LogP contribution in [0.2, 0.25) is 0 Å². The van der Waals surface area contributed by atoms with Gasteiger partial charge in [0.05, 0.1) is 5.69 Å². The average molecular weight is 339 g/mol. The maximum Gasteiger partial charge on any atom is 0.226 e. The topological polar surface area (TPSA) is 63.1 Å². The summed E-state index contributed by atoms with van der Waals surface area (Å²) in [5, 5.41) is 6.22. The van der Waals surface area contributed by atoms with Crippen LogP contribution in [0.5, 0.6) is 0 Å². The smallest absolute Gasteiger partial charge is 0.226 e. The molecule has 0 fully saturated rings. The number of fused-ring (bicyclic) bond motifs is 1. The molecule has 2 amide bonds. The number of nitrogens with zero attached hydrogens (tertiary/aromatic N) is 1. The van der Waals surface area contributed by atoms with Gasteiger partial charge in [0.15, 0.2) is 0 Å². The van der Waals surface area contributed by atoms with E-state index >= 15 is 0 Å². The molecule has 2 aromatic carbocycles. The Morgan fingerprint density at radius 1 is 1.08 bits per heavy atom. The fraction of sp³-hybridized carbons (Fsp3) is 0.158. The van der Waals surface area contributed by atoms with E-state index in [1.54, 1.807) is 0 Å². The Balaban J connectivity index is 1.65. The number of amides is 2. The molecule has 0 aliphatic carbocycles. The van der Waals surface area contributed by atoms with E-state index in [1.165, 1.54) is 25.1 Å². The second kappa shape index (κ2) is 7.17. The lowest BCUT2D eigenvalue weighted by atomic mass is 10.2. The van der Waals surface area contributed by atoms with Crippen molar-refractivity contribution in [1.29, 1.82) is 0 Å². The van der Waals surface area contributed by atoms with E-state index in [1.807, 2.05) is 41.1 Å². The number of para-hydroxylation sites is 1. The number of nitrogens with one attached hydrogen (secondary N) is 2. The fourth-order valence-corrected chi connectivity index (χ4v) is 2.67. The van der Waals surface area contributed by atoms with Gasteiger partial charge in [-0.05, 0) is 35.7 Å². The monoisotopic (exact) mass is 339 g/mol. The molecule has 3 rings (SSSR count). The first kappa shape index (κ1) is 16.7. The summed E-state index contributed by atoms with van der Waals surface area (Å²) < 4.78 is 15.8. The molecule has 25 heavy (non-hydrogen) atoms. The molecule has 1 aromatic heterocycles. The molecule has 0 unspecified atom stereocenters. The largest absolute Gasteiger partial charge is 0.347 e. The van der Waals surface area contributed by atoms with Gasteiger partial charge < -0.3 is 15.2 Å². The molecular weight excluding hydrogens is 321 g/mol. The van der Waals surface area contributed by atoms with Crippen molar-refractivity contribution in [2.45, 2.75) is 19.9 Å². The van der Waals surface area contributed by atoms with Crippen molar-refractivity contribution in [1.82, 2.24) is 4.57 Å². The van der Waals surface area contributed by atoms with Gasteiger partial charge in [0.25, 0.3) is 0 Å². The van der Waals surface area contributed by atoms with E-state index in [0.717, 1.165) is 10.9 Å². The number of benzene rings is 2. The van der Waals surface area contributed by atoms with E-state index in [4.69, 9.17) is 0 Å². The predicted octanol–water partition coefficient (Wildman–Crippen LogP) is 3.77. The van der Waals surface area contributed by atoms with Crippen molar-refractivity contribution in [3.05, 3.63) is 60.5 Å². The molecule has 2 N–H and O–H groups in total. The summed E-state index contributed by atoms with van der Waals surface area (Å²) in [7, 11) is 0. The minimum atomic E-state index is -0.547. The molecule has 6 heteroatoms. The second-order valence-corrected chi connectivity index (χ2v) is 5.74. The third kappa shape index (κ3) is 4.03. The van der Waals surface area contributed by atoms with Gasteiger partial charge in [-0.2, -0.15) is 0 Å². The highest BCUT2D eigenvalue weighted by molar-refractivity contribution is 5.93. The van der Waals surface area contributed by atoms with Gasteiger partial charge in [-0.15, -0.1) is 0 Å². The van der Waals surface area contributed by atoms with Crippen molar-refractivity contribution >= 4 is 34.1 Å². The zero-order chi connectivity index (χ0) is 17.8. The lowest BCUT2D eigenvalue weighted by molar-refractivity contribution is -0.116. The summed E-state index contributed by atoms with van der Waals surface area (Å²) in [5.74, 6) is -1.10. The van der Waals surface area contributed by atoms with E-state index in [9.17, 15) is 14.0 Å². The van der Waals surface area contributed by atoms with Crippen LogP contribution in [0.1, 0.15) is 13.3 Å². The van der Waals surface area contributed by atoms with Crippen molar-refractivity contribution in [3.8, 4) is 0 Å². The fourth-order valence-electron chi connectivity index (χ4n) is 2.67. The lowest BCUT2D eigenvalue weighted by Gasteiger charge is -2.10. The number of carbonyl (C=O) groups is 2. The maximum atomic E-state index is 13.9. The Kier molecular flexibility index (Phi) is 4.79. The predicted molar refractivity (Wildman–Crippen MR) is 95.9 cm³/mol. The summed E-state index contributed by atoms with van der Waals surface area (Å²) in [6, 6.07) is 14.0. The summed E-state index contributed by atoms with van der Waals surface area (Å²) in [6.07, 6.45) is 2.14. The van der Waals surface area contributed by atoms with Crippen molar-refractivity contribution in [2.75, 3.05) is 10.6 Å². The highest BCUT2D eigenvalue weighted by Crippen LogP contribution is 2.20. The Bertz CT molecular complexity index is 933. The number of halogens is 1. The van der Waals surface area contributed by atoms with Gasteiger partial charge >= 0.3 is 0 Å². The summed E-state index contributed by atoms with van der Waals surface area (Å²) in [5.41, 5.74) is 1.53. The van der Waals surface area contributed by atoms with Gasteiger partial charge in [-0.25, -0.2) is 4.39 Å². The Morgan fingerprint density at radius 2 is 1.88 bits per heavy atom. The Morgan fingerprint density at radius 3 is 2.68 bits per heavy atom. The number of aromatic nitrogens is 1. The number of hydrogen-bond donors (Lipinski definition) is 2. The number of anilines is 2. The van der Waals surface area contributed by atoms with Crippen LogP contribution in [-0.2, 0) is 16.1 Å². The Labute approximate surface area is 144 Å². The van der Waals surface area contributed by atoms with Gasteiger partial charge in [0.2, 0.25) is 11.8 Å². The van der Waals surface area contributed by atoms with Crippen molar-refractivity contribution in [3.63, 3.8) is 0 Å². The summed E-state index contributed by atoms with van der Waals surface area (Å²) >= 11 is 0. The quantitative estimate of drug-likeness (QED) is 0.743. The first-order chi connectivity index (χ1) is 12.0. The minimum absolute atomic E-state index is 0.0496. The molecular formula is C19H18FN3O2. The molecule has 0 spiro atoms.